The predicted molar refractivity (Wildman–Crippen MR) is 153 cm³/mol. The van der Waals surface area contributed by atoms with Crippen molar-refractivity contribution >= 4 is 21.4 Å². The molecule has 2 unspecified atom stereocenters. The van der Waals surface area contributed by atoms with Gasteiger partial charge in [-0.05, 0) is 66.6 Å². The fraction of sp³-hybridized carbons (Fsp3) is 0.433. The lowest BCUT2D eigenvalue weighted by atomic mass is 9.75. The summed E-state index contributed by atoms with van der Waals surface area (Å²) in [6.45, 7) is 2.24. The van der Waals surface area contributed by atoms with Crippen LogP contribution in [0.5, 0.6) is 5.75 Å². The average molecular weight is 551 g/mol. The molecule has 0 bridgehead atoms. The molecule has 2 heterocycles. The Labute approximate surface area is 231 Å². The van der Waals surface area contributed by atoms with Crippen molar-refractivity contribution in [1.29, 1.82) is 0 Å². The third-order valence-electron chi connectivity index (χ3n) is 8.25. The summed E-state index contributed by atoms with van der Waals surface area (Å²) in [4.78, 5) is 4.46. The van der Waals surface area contributed by atoms with Crippen molar-refractivity contribution in [2.45, 2.75) is 75.1 Å². The van der Waals surface area contributed by atoms with Crippen LogP contribution in [0.25, 0.3) is 0 Å². The number of aliphatic hydroxyl groups excluding tert-OH is 1. The first-order chi connectivity index (χ1) is 18.8. The molecule has 4 N–H and O–H groups in total. The molecule has 2 aliphatic rings. The van der Waals surface area contributed by atoms with E-state index in [2.05, 4.69) is 20.3 Å². The van der Waals surface area contributed by atoms with Gasteiger partial charge in [0.2, 0.25) is 0 Å². The Bertz CT molecular complexity index is 1360. The van der Waals surface area contributed by atoms with Crippen molar-refractivity contribution in [1.82, 2.24) is 10.3 Å². The zero-order chi connectivity index (χ0) is 27.5. The number of methoxy groups -OCH3 is 1. The molecular formula is C30H38N4O4S. The molecule has 8 nitrogen and oxygen atoms in total. The van der Waals surface area contributed by atoms with Gasteiger partial charge >= 0.3 is 0 Å². The topological polar surface area (TPSA) is 113 Å². The summed E-state index contributed by atoms with van der Waals surface area (Å²) in [5.74, 6) is 0.807. The predicted octanol–water partition coefficient (Wildman–Crippen LogP) is 4.98. The number of ether oxygens (including phenoxy) is 1. The van der Waals surface area contributed by atoms with Gasteiger partial charge in [-0.1, -0.05) is 49.9 Å². The van der Waals surface area contributed by atoms with Crippen LogP contribution in [-0.4, -0.2) is 37.4 Å². The molecule has 0 saturated heterocycles. The first kappa shape index (κ1) is 27.4. The number of nitrogens with zero attached hydrogens (tertiary/aromatic N) is 1. The van der Waals surface area contributed by atoms with Crippen LogP contribution in [0.2, 0.25) is 0 Å². The van der Waals surface area contributed by atoms with Gasteiger partial charge in [-0.15, -0.1) is 0 Å². The van der Waals surface area contributed by atoms with Gasteiger partial charge in [-0.25, -0.2) is 8.42 Å². The van der Waals surface area contributed by atoms with Gasteiger partial charge in [-0.2, -0.15) is 0 Å². The number of para-hydroxylation sites is 1. The van der Waals surface area contributed by atoms with E-state index in [1.165, 1.54) is 32.8 Å². The summed E-state index contributed by atoms with van der Waals surface area (Å²) in [6.07, 6.45) is 10.6. The molecule has 39 heavy (non-hydrogen) atoms. The zero-order valence-electron chi connectivity index (χ0n) is 22.6. The highest BCUT2D eigenvalue weighted by Crippen LogP contribution is 2.43. The Morgan fingerprint density at radius 2 is 1.85 bits per heavy atom. The van der Waals surface area contributed by atoms with Crippen molar-refractivity contribution in [3.8, 4) is 5.75 Å². The summed E-state index contributed by atoms with van der Waals surface area (Å²) < 4.78 is 34.2. The Morgan fingerprint density at radius 3 is 2.54 bits per heavy atom. The quantitative estimate of drug-likeness (QED) is 0.219. The number of pyridine rings is 1. The van der Waals surface area contributed by atoms with Crippen LogP contribution in [0.1, 0.15) is 55.2 Å². The monoisotopic (exact) mass is 550 g/mol. The maximum Gasteiger partial charge on any atom is 0.262 e. The number of anilines is 2. The highest BCUT2D eigenvalue weighted by molar-refractivity contribution is 7.92. The number of aromatic nitrogens is 1. The largest absolute Gasteiger partial charge is 0.495 e. The number of fused-ring (bicyclic) bond motifs is 1. The molecule has 1 fully saturated rings. The Morgan fingerprint density at radius 1 is 1.10 bits per heavy atom. The second kappa shape index (κ2) is 11.5. The zero-order valence-corrected chi connectivity index (χ0v) is 23.4. The van der Waals surface area contributed by atoms with Crippen LogP contribution in [0.3, 0.4) is 0 Å². The molecule has 1 aliphatic carbocycles. The van der Waals surface area contributed by atoms with Gasteiger partial charge in [0, 0.05) is 31.0 Å². The van der Waals surface area contributed by atoms with Crippen LogP contribution in [0, 0.1) is 12.8 Å². The van der Waals surface area contributed by atoms with E-state index in [4.69, 9.17) is 4.74 Å². The molecule has 1 saturated carbocycles. The van der Waals surface area contributed by atoms with E-state index in [1.54, 1.807) is 36.5 Å². The summed E-state index contributed by atoms with van der Waals surface area (Å²) in [5, 5.41) is 18.6. The molecule has 2 aromatic carbocycles. The van der Waals surface area contributed by atoms with Gasteiger partial charge in [0.15, 0.2) is 0 Å². The Kier molecular flexibility index (Phi) is 8.11. The summed E-state index contributed by atoms with van der Waals surface area (Å²) in [6, 6.07) is 14.1. The van der Waals surface area contributed by atoms with Crippen molar-refractivity contribution in [2.24, 2.45) is 5.92 Å². The molecule has 2 atom stereocenters. The summed E-state index contributed by atoms with van der Waals surface area (Å²) in [7, 11) is -2.29. The lowest BCUT2D eigenvalue weighted by Gasteiger charge is -2.42. The molecule has 3 aromatic rings. The van der Waals surface area contributed by atoms with Crippen LogP contribution >= 0.6 is 0 Å². The minimum atomic E-state index is -3.80. The Balaban J connectivity index is 1.29. The third-order valence-corrected chi connectivity index (χ3v) is 9.62. The second-order valence-corrected chi connectivity index (χ2v) is 12.4. The number of aliphatic hydroxyl groups is 1. The summed E-state index contributed by atoms with van der Waals surface area (Å²) in [5.41, 5.74) is 3.76. The fourth-order valence-corrected chi connectivity index (χ4v) is 7.19. The van der Waals surface area contributed by atoms with Crippen molar-refractivity contribution in [3.63, 3.8) is 0 Å². The van der Waals surface area contributed by atoms with E-state index >= 15 is 0 Å². The highest BCUT2D eigenvalue weighted by Gasteiger charge is 2.48. The third kappa shape index (κ3) is 5.76. The van der Waals surface area contributed by atoms with Crippen molar-refractivity contribution in [3.05, 3.63) is 77.6 Å². The van der Waals surface area contributed by atoms with E-state index in [-0.39, 0.29) is 4.90 Å². The van der Waals surface area contributed by atoms with Crippen LogP contribution in [-0.2, 0) is 23.0 Å². The molecule has 0 spiro atoms. The van der Waals surface area contributed by atoms with E-state index in [9.17, 15) is 13.5 Å². The average Bonchev–Trinajstić information content (AvgIpc) is 3.13. The van der Waals surface area contributed by atoms with E-state index in [0.29, 0.717) is 23.9 Å². The molecule has 208 valence electrons. The van der Waals surface area contributed by atoms with E-state index in [1.807, 2.05) is 31.3 Å². The normalized spacial score (nSPS) is 20.5. The van der Waals surface area contributed by atoms with E-state index in [0.717, 1.165) is 41.6 Å². The van der Waals surface area contributed by atoms with Crippen LogP contribution in [0.4, 0.5) is 11.4 Å². The molecule has 0 radical (unpaired) electrons. The van der Waals surface area contributed by atoms with Gasteiger partial charge in [0.1, 0.15) is 12.0 Å². The summed E-state index contributed by atoms with van der Waals surface area (Å²) >= 11 is 0. The highest BCUT2D eigenvalue weighted by atomic mass is 32.2. The molecule has 0 amide bonds. The van der Waals surface area contributed by atoms with Gasteiger partial charge < -0.3 is 15.2 Å². The number of sulfonamides is 1. The van der Waals surface area contributed by atoms with Gasteiger partial charge in [-0.3, -0.25) is 15.0 Å². The fourth-order valence-electron chi connectivity index (χ4n) is 6.05. The van der Waals surface area contributed by atoms with E-state index < -0.39 is 21.8 Å². The molecule has 9 heteroatoms. The van der Waals surface area contributed by atoms with Gasteiger partial charge in [0.05, 0.1) is 23.2 Å². The first-order valence-corrected chi connectivity index (χ1v) is 15.2. The van der Waals surface area contributed by atoms with Crippen molar-refractivity contribution < 1.29 is 18.3 Å². The molecule has 1 aromatic heterocycles. The number of aryl methyl sites for hydroxylation is 1. The first-order valence-electron chi connectivity index (χ1n) is 13.7. The molecular weight excluding hydrogens is 512 g/mol. The number of hydrogen-bond acceptors (Lipinski definition) is 7. The Hall–Kier alpha value is -3.14. The van der Waals surface area contributed by atoms with Crippen LogP contribution < -0.4 is 20.1 Å². The number of nitrogens with one attached hydrogen (secondary N) is 3. The lowest BCUT2D eigenvalue weighted by molar-refractivity contribution is 0.0296. The number of benzene rings is 2. The number of rotatable bonds is 9. The minimum absolute atomic E-state index is 0.160. The van der Waals surface area contributed by atoms with Gasteiger partial charge in [0.25, 0.3) is 10.0 Å². The lowest BCUT2D eigenvalue weighted by Crippen LogP contribution is -2.59. The second-order valence-electron chi connectivity index (χ2n) is 10.7. The maximum absolute atomic E-state index is 13.1. The standard InChI is InChI=1S/C30H38N4O4S/c1-21-8-7-11-27(38-2)28(21)34-39(36,37)25-14-12-22(13-15-25)19-32-29(35)30(24-9-5-3-4-6-10-24)18-23-20-31-17-16-26(23)33-30/h7-8,11-17,20,24,29,32-35H,3-6,9-10,18-19H2,1-2H3. The van der Waals surface area contributed by atoms with Crippen LogP contribution in [0.15, 0.2) is 65.8 Å². The minimum Gasteiger partial charge on any atom is -0.495 e. The molecule has 1 aliphatic heterocycles. The number of hydrogen-bond donors (Lipinski definition) is 4. The SMILES string of the molecule is COc1cccc(C)c1NS(=O)(=O)c1ccc(CNC(O)C2(C3CCCCCC3)Cc3cnccc3N2)cc1. The molecule has 5 rings (SSSR count). The van der Waals surface area contributed by atoms with Crippen molar-refractivity contribution in [2.75, 3.05) is 17.1 Å². The maximum atomic E-state index is 13.1. The smallest absolute Gasteiger partial charge is 0.262 e.